The van der Waals surface area contributed by atoms with E-state index in [0.717, 1.165) is 18.4 Å². The Hall–Kier alpha value is -2.54. The van der Waals surface area contributed by atoms with E-state index in [1.807, 2.05) is 26.0 Å². The number of carbonyl (C=O) groups excluding carboxylic acids is 1. The number of hydrogen-bond donors (Lipinski definition) is 3. The lowest BCUT2D eigenvalue weighted by atomic mass is 10.1. The summed E-state index contributed by atoms with van der Waals surface area (Å²) in [5.74, 6) is 0. The Labute approximate surface area is 148 Å². The van der Waals surface area contributed by atoms with Crippen LogP contribution in [0.5, 0.6) is 0 Å². The molecule has 0 aliphatic heterocycles. The van der Waals surface area contributed by atoms with Crippen molar-refractivity contribution in [1.82, 2.24) is 5.32 Å². The molecule has 2 aromatic rings. The molecule has 0 aromatic heterocycles. The van der Waals surface area contributed by atoms with Gasteiger partial charge in [0.1, 0.15) is 0 Å². The molecule has 0 unspecified atom stereocenters. The van der Waals surface area contributed by atoms with Crippen LogP contribution in [-0.4, -0.2) is 21.0 Å². The molecule has 0 heterocycles. The van der Waals surface area contributed by atoms with Gasteiger partial charge in [-0.3, -0.25) is 4.72 Å². The number of hydrogen-bond acceptors (Lipinski definition) is 3. The fraction of sp³-hybridized carbons (Fsp3) is 0.278. The van der Waals surface area contributed by atoms with Crippen molar-refractivity contribution in [2.24, 2.45) is 0 Å². The van der Waals surface area contributed by atoms with Gasteiger partial charge in [0.2, 0.25) is 0 Å². The van der Waals surface area contributed by atoms with Gasteiger partial charge in [0.25, 0.3) is 10.0 Å². The van der Waals surface area contributed by atoms with E-state index in [1.54, 1.807) is 24.3 Å². The Bertz CT molecular complexity index is 818. The maximum absolute atomic E-state index is 12.6. The molecule has 0 aliphatic rings. The highest BCUT2D eigenvalue weighted by molar-refractivity contribution is 7.92. The summed E-state index contributed by atoms with van der Waals surface area (Å²) in [5, 5.41) is 5.24. The van der Waals surface area contributed by atoms with Gasteiger partial charge in [-0.05, 0) is 49.2 Å². The normalized spacial score (nSPS) is 11.0. The Morgan fingerprint density at radius 2 is 1.68 bits per heavy atom. The lowest BCUT2D eigenvalue weighted by Gasteiger charge is -2.13. The van der Waals surface area contributed by atoms with Gasteiger partial charge in [-0.25, -0.2) is 13.2 Å². The molecule has 2 amide bonds. The molecule has 0 saturated carbocycles. The van der Waals surface area contributed by atoms with Gasteiger partial charge in [-0.2, -0.15) is 0 Å². The summed E-state index contributed by atoms with van der Waals surface area (Å²) in [6.45, 7) is 4.38. The monoisotopic (exact) mass is 361 g/mol. The average Bonchev–Trinajstić information content (AvgIpc) is 2.57. The summed E-state index contributed by atoms with van der Waals surface area (Å²) in [4.78, 5) is 11.6. The van der Waals surface area contributed by atoms with Gasteiger partial charge in [0, 0.05) is 12.2 Å². The second-order valence-electron chi connectivity index (χ2n) is 5.52. The smallest absolute Gasteiger partial charge is 0.319 e. The second-order valence-corrected chi connectivity index (χ2v) is 7.20. The standard InChI is InChI=1S/C18H23N3O3S/c1-3-7-14-8-5-6-9-17(14)21-25(23,24)16-12-10-15(11-13-16)20-18(22)19-4-2/h5-6,8-13,21H,3-4,7H2,1-2H3,(H2,19,20,22). The van der Waals surface area contributed by atoms with Gasteiger partial charge >= 0.3 is 6.03 Å². The number of rotatable bonds is 7. The molecule has 0 saturated heterocycles. The summed E-state index contributed by atoms with van der Waals surface area (Å²) < 4.78 is 27.8. The minimum Gasteiger partial charge on any atom is -0.338 e. The number of amides is 2. The number of sulfonamides is 1. The molecule has 0 atom stereocenters. The fourth-order valence-electron chi connectivity index (χ4n) is 2.36. The molecule has 6 nitrogen and oxygen atoms in total. The van der Waals surface area contributed by atoms with Crippen molar-refractivity contribution in [2.45, 2.75) is 31.6 Å². The number of para-hydroxylation sites is 1. The zero-order valence-electron chi connectivity index (χ0n) is 14.4. The van der Waals surface area contributed by atoms with Crippen LogP contribution in [0.4, 0.5) is 16.2 Å². The summed E-state index contributed by atoms with van der Waals surface area (Å²) in [7, 11) is -3.69. The Balaban J connectivity index is 2.16. The van der Waals surface area contributed by atoms with Gasteiger partial charge in [-0.1, -0.05) is 31.5 Å². The van der Waals surface area contributed by atoms with Gasteiger partial charge in [-0.15, -0.1) is 0 Å². The van der Waals surface area contributed by atoms with Crippen LogP contribution in [0.1, 0.15) is 25.8 Å². The fourth-order valence-corrected chi connectivity index (χ4v) is 3.47. The van der Waals surface area contributed by atoms with E-state index in [0.29, 0.717) is 17.9 Å². The van der Waals surface area contributed by atoms with E-state index in [4.69, 9.17) is 0 Å². The Morgan fingerprint density at radius 1 is 1.00 bits per heavy atom. The highest BCUT2D eigenvalue weighted by Gasteiger charge is 2.16. The van der Waals surface area contributed by atoms with Crippen LogP contribution in [0.15, 0.2) is 53.4 Å². The summed E-state index contributed by atoms with van der Waals surface area (Å²) in [6, 6.07) is 13.1. The summed E-state index contributed by atoms with van der Waals surface area (Å²) in [6.07, 6.45) is 1.73. The van der Waals surface area contributed by atoms with Crippen LogP contribution in [-0.2, 0) is 16.4 Å². The zero-order chi connectivity index (χ0) is 18.3. The number of benzene rings is 2. The average molecular weight is 361 g/mol. The number of anilines is 2. The van der Waals surface area contributed by atoms with Crippen LogP contribution >= 0.6 is 0 Å². The zero-order valence-corrected chi connectivity index (χ0v) is 15.2. The maximum atomic E-state index is 12.6. The van der Waals surface area contributed by atoms with Crippen LogP contribution in [0.2, 0.25) is 0 Å². The lowest BCUT2D eigenvalue weighted by molar-refractivity contribution is 0.252. The third-order valence-corrected chi connectivity index (χ3v) is 4.92. The summed E-state index contributed by atoms with van der Waals surface area (Å²) >= 11 is 0. The van der Waals surface area contributed by atoms with Gasteiger partial charge in [0.05, 0.1) is 10.6 Å². The molecule has 3 N–H and O–H groups in total. The first-order valence-corrected chi connectivity index (χ1v) is 9.70. The molecule has 7 heteroatoms. The molecule has 0 bridgehead atoms. The van der Waals surface area contributed by atoms with Crippen molar-refractivity contribution in [2.75, 3.05) is 16.6 Å². The van der Waals surface area contributed by atoms with E-state index in [-0.39, 0.29) is 10.9 Å². The van der Waals surface area contributed by atoms with Crippen LogP contribution < -0.4 is 15.4 Å². The van der Waals surface area contributed by atoms with E-state index in [9.17, 15) is 13.2 Å². The molecule has 25 heavy (non-hydrogen) atoms. The summed E-state index contributed by atoms with van der Waals surface area (Å²) in [5.41, 5.74) is 2.08. The van der Waals surface area contributed by atoms with Crippen molar-refractivity contribution < 1.29 is 13.2 Å². The molecular formula is C18H23N3O3S. The molecule has 2 aromatic carbocycles. The molecule has 0 aliphatic carbocycles. The predicted octanol–water partition coefficient (Wildman–Crippen LogP) is 3.58. The molecule has 0 fully saturated rings. The topological polar surface area (TPSA) is 87.3 Å². The first kappa shape index (κ1) is 18.8. The van der Waals surface area contributed by atoms with E-state index in [2.05, 4.69) is 15.4 Å². The molecule has 2 rings (SSSR count). The minimum absolute atomic E-state index is 0.139. The first-order valence-electron chi connectivity index (χ1n) is 8.22. The lowest BCUT2D eigenvalue weighted by Crippen LogP contribution is -2.28. The number of nitrogens with one attached hydrogen (secondary N) is 3. The molecule has 134 valence electrons. The third kappa shape index (κ3) is 5.22. The molecular weight excluding hydrogens is 338 g/mol. The largest absolute Gasteiger partial charge is 0.338 e. The Morgan fingerprint density at radius 3 is 2.32 bits per heavy atom. The quantitative estimate of drug-likeness (QED) is 0.704. The number of aryl methyl sites for hydroxylation is 1. The molecule has 0 radical (unpaired) electrons. The van der Waals surface area contributed by atoms with E-state index >= 15 is 0 Å². The number of urea groups is 1. The highest BCUT2D eigenvalue weighted by atomic mass is 32.2. The highest BCUT2D eigenvalue weighted by Crippen LogP contribution is 2.22. The second kappa shape index (κ2) is 8.53. The maximum Gasteiger partial charge on any atom is 0.319 e. The van der Waals surface area contributed by atoms with Crippen molar-refractivity contribution in [3.05, 3.63) is 54.1 Å². The third-order valence-electron chi connectivity index (χ3n) is 3.54. The van der Waals surface area contributed by atoms with Crippen molar-refractivity contribution in [1.29, 1.82) is 0 Å². The van der Waals surface area contributed by atoms with Crippen LogP contribution in [0.25, 0.3) is 0 Å². The van der Waals surface area contributed by atoms with Crippen molar-refractivity contribution in [3.63, 3.8) is 0 Å². The van der Waals surface area contributed by atoms with Crippen molar-refractivity contribution in [3.8, 4) is 0 Å². The van der Waals surface area contributed by atoms with E-state index < -0.39 is 10.0 Å². The SMILES string of the molecule is CCCc1ccccc1NS(=O)(=O)c1ccc(NC(=O)NCC)cc1. The first-order chi connectivity index (χ1) is 12.0. The predicted molar refractivity (Wildman–Crippen MR) is 100 cm³/mol. The number of carbonyl (C=O) groups is 1. The van der Waals surface area contributed by atoms with Crippen LogP contribution in [0.3, 0.4) is 0 Å². The minimum atomic E-state index is -3.69. The Kier molecular flexibility index (Phi) is 6.41. The van der Waals surface area contributed by atoms with Gasteiger partial charge in [0.15, 0.2) is 0 Å². The van der Waals surface area contributed by atoms with E-state index in [1.165, 1.54) is 12.1 Å². The van der Waals surface area contributed by atoms with Crippen molar-refractivity contribution >= 4 is 27.4 Å². The van der Waals surface area contributed by atoms with Crippen LogP contribution in [0, 0.1) is 0 Å². The molecule has 0 spiro atoms. The van der Waals surface area contributed by atoms with Gasteiger partial charge < -0.3 is 10.6 Å².